The Morgan fingerprint density at radius 2 is 2.21 bits per heavy atom. The molecule has 0 aromatic heterocycles. The van der Waals surface area contributed by atoms with Crippen molar-refractivity contribution in [3.05, 3.63) is 22.8 Å². The minimum Gasteiger partial charge on any atom is -0.380 e. The summed E-state index contributed by atoms with van der Waals surface area (Å²) < 4.78 is 22.6. The predicted octanol–water partition coefficient (Wildman–Crippen LogP) is 2.06. The monoisotopic (exact) mass is 266 g/mol. The molecule has 0 radical (unpaired) electrons. The second kappa shape index (κ2) is 5.02. The fraction of sp³-hybridized carbons (Fsp3) is 0.733. The van der Waals surface area contributed by atoms with Crippen molar-refractivity contribution in [1.82, 2.24) is 0 Å². The third kappa shape index (κ3) is 2.38. The summed E-state index contributed by atoms with van der Waals surface area (Å²) in [5, 5.41) is 0. The van der Waals surface area contributed by atoms with Gasteiger partial charge in [-0.2, -0.15) is 0 Å². The van der Waals surface area contributed by atoms with E-state index in [0.717, 1.165) is 13.0 Å². The Labute approximate surface area is 114 Å². The third-order valence-corrected chi connectivity index (χ3v) is 4.13. The van der Waals surface area contributed by atoms with Gasteiger partial charge in [-0.15, -0.1) is 0 Å². The molecular formula is C15H22O4. The van der Waals surface area contributed by atoms with Crippen LogP contribution in [0.4, 0.5) is 0 Å². The van der Waals surface area contributed by atoms with Gasteiger partial charge in [-0.3, -0.25) is 0 Å². The molecule has 3 rings (SSSR count). The van der Waals surface area contributed by atoms with Crippen LogP contribution < -0.4 is 0 Å². The smallest absolute Gasteiger partial charge is 0.163 e. The summed E-state index contributed by atoms with van der Waals surface area (Å²) in [5.74, 6) is 0.0245. The molecule has 0 N–H and O–H groups in total. The molecule has 1 aliphatic carbocycles. The second-order valence-corrected chi connectivity index (χ2v) is 5.79. The summed E-state index contributed by atoms with van der Waals surface area (Å²) in [4.78, 5) is 0. The van der Waals surface area contributed by atoms with E-state index in [0.29, 0.717) is 25.7 Å². The molecule has 4 heteroatoms. The van der Waals surface area contributed by atoms with Crippen LogP contribution in [-0.4, -0.2) is 45.4 Å². The minimum atomic E-state index is -0.504. The van der Waals surface area contributed by atoms with Crippen LogP contribution in [0.5, 0.6) is 0 Å². The van der Waals surface area contributed by atoms with E-state index in [1.54, 1.807) is 7.11 Å². The Morgan fingerprint density at radius 1 is 1.37 bits per heavy atom. The predicted molar refractivity (Wildman–Crippen MR) is 70.8 cm³/mol. The van der Waals surface area contributed by atoms with Gasteiger partial charge in [0.25, 0.3) is 0 Å². The Morgan fingerprint density at radius 3 is 3.00 bits per heavy atom. The maximum atomic E-state index is 5.83. The number of ether oxygens (including phenoxy) is 4. The molecule has 0 aromatic rings. The highest BCUT2D eigenvalue weighted by atomic mass is 16.7. The Kier molecular flexibility index (Phi) is 3.52. The number of rotatable bonds is 3. The summed E-state index contributed by atoms with van der Waals surface area (Å²) in [7, 11) is 1.73. The summed E-state index contributed by atoms with van der Waals surface area (Å²) in [6.45, 7) is 6.62. The molecule has 1 saturated heterocycles. The first kappa shape index (κ1) is 13.3. The third-order valence-electron chi connectivity index (χ3n) is 4.13. The van der Waals surface area contributed by atoms with Gasteiger partial charge in [0.05, 0.1) is 25.9 Å². The molecule has 2 aliphatic heterocycles. The van der Waals surface area contributed by atoms with Crippen molar-refractivity contribution in [2.75, 3.05) is 33.5 Å². The van der Waals surface area contributed by atoms with Crippen molar-refractivity contribution in [2.45, 2.75) is 32.2 Å². The number of fused-ring (bicyclic) bond motifs is 1. The average Bonchev–Trinajstić information content (AvgIpc) is 2.68. The van der Waals surface area contributed by atoms with Crippen LogP contribution in [0.3, 0.4) is 0 Å². The highest BCUT2D eigenvalue weighted by molar-refractivity contribution is 5.49. The van der Waals surface area contributed by atoms with Crippen LogP contribution in [0.15, 0.2) is 22.8 Å². The van der Waals surface area contributed by atoms with Gasteiger partial charge in [-0.05, 0) is 37.0 Å². The van der Waals surface area contributed by atoms with Gasteiger partial charge in [0, 0.05) is 19.6 Å². The molecular weight excluding hydrogens is 244 g/mol. The van der Waals surface area contributed by atoms with Crippen LogP contribution in [0.25, 0.3) is 0 Å². The lowest BCUT2D eigenvalue weighted by atomic mass is 9.71. The van der Waals surface area contributed by atoms with E-state index in [1.165, 1.54) is 16.7 Å². The minimum absolute atomic E-state index is 0.271. The van der Waals surface area contributed by atoms with Crippen LogP contribution >= 0.6 is 0 Å². The molecule has 2 heterocycles. The zero-order chi connectivity index (χ0) is 13.5. The molecule has 1 fully saturated rings. The van der Waals surface area contributed by atoms with Crippen molar-refractivity contribution in [1.29, 1.82) is 0 Å². The summed E-state index contributed by atoms with van der Waals surface area (Å²) in [5.41, 5.74) is 3.94. The molecule has 106 valence electrons. The van der Waals surface area contributed by atoms with Gasteiger partial charge >= 0.3 is 0 Å². The SMILES string of the molecule is COCC1=C(C2=CCOC(C)(C)OC2)C2CCOC12. The van der Waals surface area contributed by atoms with E-state index < -0.39 is 5.79 Å². The fourth-order valence-electron chi connectivity index (χ4n) is 3.17. The molecule has 2 unspecified atom stereocenters. The van der Waals surface area contributed by atoms with Crippen molar-refractivity contribution in [3.8, 4) is 0 Å². The van der Waals surface area contributed by atoms with E-state index in [1.807, 2.05) is 13.8 Å². The maximum absolute atomic E-state index is 5.83. The molecule has 2 atom stereocenters. The zero-order valence-corrected chi connectivity index (χ0v) is 11.9. The molecule has 0 bridgehead atoms. The van der Waals surface area contributed by atoms with Crippen molar-refractivity contribution >= 4 is 0 Å². The number of methoxy groups -OCH3 is 1. The number of hydrogen-bond acceptors (Lipinski definition) is 4. The maximum Gasteiger partial charge on any atom is 0.163 e. The Bertz CT molecular complexity index is 422. The van der Waals surface area contributed by atoms with Crippen molar-refractivity contribution in [2.24, 2.45) is 5.92 Å². The molecule has 0 aromatic carbocycles. The van der Waals surface area contributed by atoms with E-state index in [4.69, 9.17) is 18.9 Å². The lowest BCUT2D eigenvalue weighted by molar-refractivity contribution is -0.196. The molecule has 19 heavy (non-hydrogen) atoms. The zero-order valence-electron chi connectivity index (χ0n) is 11.9. The van der Waals surface area contributed by atoms with Gasteiger partial charge in [0.15, 0.2) is 5.79 Å². The van der Waals surface area contributed by atoms with Crippen LogP contribution in [0.2, 0.25) is 0 Å². The highest BCUT2D eigenvalue weighted by Gasteiger charge is 2.45. The Hall–Kier alpha value is -0.680. The van der Waals surface area contributed by atoms with E-state index in [2.05, 4.69) is 6.08 Å². The van der Waals surface area contributed by atoms with Crippen molar-refractivity contribution < 1.29 is 18.9 Å². The van der Waals surface area contributed by atoms with E-state index >= 15 is 0 Å². The second-order valence-electron chi connectivity index (χ2n) is 5.79. The number of hydrogen-bond donors (Lipinski definition) is 0. The molecule has 3 aliphatic rings. The standard InChI is InChI=1S/C15H22O4/c1-15(2)18-7-4-10(8-19-15)13-11-5-6-17-14(11)12(13)9-16-3/h4,11,14H,5-9H2,1-3H3. The van der Waals surface area contributed by atoms with Gasteiger partial charge in [0.1, 0.15) is 0 Å². The first-order chi connectivity index (χ1) is 9.12. The first-order valence-corrected chi connectivity index (χ1v) is 6.93. The lowest BCUT2D eigenvalue weighted by Crippen LogP contribution is -2.37. The van der Waals surface area contributed by atoms with Crippen LogP contribution in [0.1, 0.15) is 20.3 Å². The fourth-order valence-corrected chi connectivity index (χ4v) is 3.17. The molecule has 0 saturated carbocycles. The first-order valence-electron chi connectivity index (χ1n) is 6.93. The topological polar surface area (TPSA) is 36.9 Å². The van der Waals surface area contributed by atoms with E-state index in [9.17, 15) is 0 Å². The largest absolute Gasteiger partial charge is 0.380 e. The normalized spacial score (nSPS) is 33.5. The summed E-state index contributed by atoms with van der Waals surface area (Å²) in [6.07, 6.45) is 3.52. The highest BCUT2D eigenvalue weighted by Crippen LogP contribution is 2.47. The van der Waals surface area contributed by atoms with Gasteiger partial charge in [-0.1, -0.05) is 6.08 Å². The summed E-state index contributed by atoms with van der Waals surface area (Å²) >= 11 is 0. The van der Waals surface area contributed by atoms with Gasteiger partial charge in [-0.25, -0.2) is 0 Å². The molecule has 0 spiro atoms. The van der Waals surface area contributed by atoms with Crippen molar-refractivity contribution in [3.63, 3.8) is 0 Å². The van der Waals surface area contributed by atoms with Crippen LogP contribution in [0, 0.1) is 5.92 Å². The van der Waals surface area contributed by atoms with Gasteiger partial charge < -0.3 is 18.9 Å². The quantitative estimate of drug-likeness (QED) is 0.783. The average molecular weight is 266 g/mol. The summed E-state index contributed by atoms with van der Waals surface area (Å²) in [6, 6.07) is 0. The molecule has 0 amide bonds. The molecule has 4 nitrogen and oxygen atoms in total. The van der Waals surface area contributed by atoms with Gasteiger partial charge in [0.2, 0.25) is 0 Å². The van der Waals surface area contributed by atoms with Crippen LogP contribution in [-0.2, 0) is 18.9 Å². The Balaban J connectivity index is 1.82. The lowest BCUT2D eigenvalue weighted by Gasteiger charge is -2.37. The van der Waals surface area contributed by atoms with E-state index in [-0.39, 0.29) is 6.10 Å².